The van der Waals surface area contributed by atoms with E-state index in [0.717, 1.165) is 5.69 Å². The number of hydrogen-bond donors (Lipinski definition) is 0. The summed E-state index contributed by atoms with van der Waals surface area (Å²) in [6, 6.07) is 77.7. The second-order valence-corrected chi connectivity index (χ2v) is 14.5. The van der Waals surface area contributed by atoms with Gasteiger partial charge in [0.05, 0.1) is 11.4 Å². The van der Waals surface area contributed by atoms with Crippen molar-refractivity contribution in [2.24, 2.45) is 0 Å². The number of hydrogen-bond acceptors (Lipinski definition) is 1. The Balaban J connectivity index is 0.931. The maximum atomic E-state index is 2.40. The zero-order valence-corrected chi connectivity index (χ0v) is 30.2. The molecule has 1 heteroatoms. The first-order valence-corrected chi connectivity index (χ1v) is 19.0. The monoisotopic (exact) mass is 697 g/mol. The van der Waals surface area contributed by atoms with Crippen molar-refractivity contribution in [2.45, 2.75) is 0 Å². The van der Waals surface area contributed by atoms with E-state index in [1.807, 2.05) is 0 Å². The molecular weight excluding hydrogens is 663 g/mol. The van der Waals surface area contributed by atoms with Gasteiger partial charge in [0, 0.05) is 16.8 Å². The molecule has 0 unspecified atom stereocenters. The van der Waals surface area contributed by atoms with Crippen LogP contribution in [-0.4, -0.2) is 0 Å². The molecule has 0 amide bonds. The molecule has 0 bridgehead atoms. The lowest BCUT2D eigenvalue weighted by atomic mass is 9.90. The smallest absolute Gasteiger partial charge is 0.0540 e. The predicted molar refractivity (Wildman–Crippen MR) is 234 cm³/mol. The van der Waals surface area contributed by atoms with Gasteiger partial charge in [-0.05, 0) is 113 Å². The second kappa shape index (κ2) is 12.7. The van der Waals surface area contributed by atoms with Crippen LogP contribution in [0.4, 0.5) is 17.1 Å². The minimum Gasteiger partial charge on any atom is -0.309 e. The molecule has 10 aromatic carbocycles. The first-order valence-electron chi connectivity index (χ1n) is 19.0. The third-order valence-corrected chi connectivity index (χ3v) is 11.4. The largest absolute Gasteiger partial charge is 0.309 e. The van der Waals surface area contributed by atoms with Crippen LogP contribution < -0.4 is 4.90 Å². The molecule has 11 rings (SSSR count). The highest BCUT2D eigenvalue weighted by Gasteiger charge is 2.26. The van der Waals surface area contributed by atoms with Crippen molar-refractivity contribution in [3.8, 4) is 55.6 Å². The zero-order chi connectivity index (χ0) is 36.3. The van der Waals surface area contributed by atoms with Crippen LogP contribution >= 0.6 is 0 Å². The molecule has 0 N–H and O–H groups in total. The Morgan fingerprint density at radius 3 is 1.16 bits per heavy atom. The predicted octanol–water partition coefficient (Wildman–Crippen LogP) is 15.3. The SMILES string of the molecule is c1ccc(N2c3ccccc3-c3ccc(-c4ccc(-c5ccc(-c6ccc7c8ccccc8c8ccccc8c7c6)cc5)cc4)cc3-c3ccccc32)cc1. The summed E-state index contributed by atoms with van der Waals surface area (Å²) in [7, 11) is 0. The number of anilines is 3. The molecule has 0 saturated carbocycles. The van der Waals surface area contributed by atoms with Crippen molar-refractivity contribution >= 4 is 49.4 Å². The second-order valence-electron chi connectivity index (χ2n) is 14.5. The van der Waals surface area contributed by atoms with E-state index in [1.54, 1.807) is 0 Å². The fourth-order valence-electron chi connectivity index (χ4n) is 8.76. The Hall–Kier alpha value is -7.22. The fraction of sp³-hybridized carbons (Fsp3) is 0. The van der Waals surface area contributed by atoms with Crippen LogP contribution in [-0.2, 0) is 0 Å². The number of rotatable bonds is 4. The van der Waals surface area contributed by atoms with Crippen molar-refractivity contribution in [1.29, 1.82) is 0 Å². The quantitative estimate of drug-likeness (QED) is 0.166. The number of benzene rings is 10. The van der Waals surface area contributed by atoms with E-state index in [0.29, 0.717) is 0 Å². The Morgan fingerprint density at radius 1 is 0.218 bits per heavy atom. The third kappa shape index (κ3) is 5.16. The molecule has 0 aliphatic carbocycles. The highest BCUT2D eigenvalue weighted by Crippen LogP contribution is 2.51. The molecule has 0 atom stereocenters. The lowest BCUT2D eigenvalue weighted by Gasteiger charge is -2.27. The van der Waals surface area contributed by atoms with Crippen LogP contribution in [0.15, 0.2) is 212 Å². The number of para-hydroxylation sites is 3. The van der Waals surface area contributed by atoms with Gasteiger partial charge >= 0.3 is 0 Å². The molecule has 55 heavy (non-hydrogen) atoms. The van der Waals surface area contributed by atoms with Gasteiger partial charge in [-0.1, -0.05) is 176 Å². The van der Waals surface area contributed by atoms with Crippen LogP contribution in [0, 0.1) is 0 Å². The zero-order valence-electron chi connectivity index (χ0n) is 30.2. The average Bonchev–Trinajstić information content (AvgIpc) is 3.39. The summed E-state index contributed by atoms with van der Waals surface area (Å²) in [6.45, 7) is 0. The molecule has 1 nitrogen and oxygen atoms in total. The van der Waals surface area contributed by atoms with E-state index in [1.165, 1.54) is 99.3 Å². The average molecular weight is 698 g/mol. The molecule has 0 fully saturated rings. The van der Waals surface area contributed by atoms with Gasteiger partial charge < -0.3 is 4.90 Å². The molecule has 1 heterocycles. The third-order valence-electron chi connectivity index (χ3n) is 11.4. The van der Waals surface area contributed by atoms with Crippen LogP contribution in [0.1, 0.15) is 0 Å². The Morgan fingerprint density at radius 2 is 0.600 bits per heavy atom. The Labute approximate surface area is 321 Å². The standard InChI is InChI=1S/C54H35N/c1-2-12-42(13-3-1)55-53-20-10-8-18-49(53)48-33-31-41(35-52(48)50-19-9-11-21-54(50)55)39-28-24-37(25-29-39)36-22-26-38(27-23-36)40-30-32-47-45-16-5-4-14-43(45)44-15-6-7-17-46(44)51(47)34-40/h1-35H. The Kier molecular flexibility index (Phi) is 7.25. The number of nitrogens with zero attached hydrogens (tertiary/aromatic N) is 1. The van der Waals surface area contributed by atoms with Gasteiger partial charge in [0.1, 0.15) is 0 Å². The Bertz CT molecular complexity index is 3030. The van der Waals surface area contributed by atoms with E-state index in [4.69, 9.17) is 0 Å². The van der Waals surface area contributed by atoms with Crippen LogP contribution in [0.5, 0.6) is 0 Å². The normalized spacial score (nSPS) is 12.0. The van der Waals surface area contributed by atoms with Crippen LogP contribution in [0.3, 0.4) is 0 Å². The molecule has 0 aromatic heterocycles. The minimum atomic E-state index is 1.15. The van der Waals surface area contributed by atoms with Gasteiger partial charge in [0.2, 0.25) is 0 Å². The van der Waals surface area contributed by atoms with E-state index in [2.05, 4.69) is 217 Å². The lowest BCUT2D eigenvalue weighted by Crippen LogP contribution is -2.10. The van der Waals surface area contributed by atoms with E-state index < -0.39 is 0 Å². The van der Waals surface area contributed by atoms with E-state index in [9.17, 15) is 0 Å². The van der Waals surface area contributed by atoms with Gasteiger partial charge in [-0.15, -0.1) is 0 Å². The molecular formula is C54H35N. The van der Waals surface area contributed by atoms with Crippen molar-refractivity contribution in [1.82, 2.24) is 0 Å². The maximum Gasteiger partial charge on any atom is 0.0540 e. The van der Waals surface area contributed by atoms with Crippen molar-refractivity contribution in [3.05, 3.63) is 212 Å². The van der Waals surface area contributed by atoms with Gasteiger partial charge in [-0.2, -0.15) is 0 Å². The first-order chi connectivity index (χ1) is 27.3. The first kappa shape index (κ1) is 31.3. The lowest BCUT2D eigenvalue weighted by molar-refractivity contribution is 1.29. The highest BCUT2D eigenvalue weighted by atomic mass is 15.1. The summed E-state index contributed by atoms with van der Waals surface area (Å²) < 4.78 is 0. The topological polar surface area (TPSA) is 3.24 Å². The molecule has 0 radical (unpaired) electrons. The minimum absolute atomic E-state index is 1.15. The maximum absolute atomic E-state index is 2.40. The summed E-state index contributed by atoms with van der Waals surface area (Å²) in [6.07, 6.45) is 0. The molecule has 1 aliphatic rings. The summed E-state index contributed by atoms with van der Waals surface area (Å²) in [4.78, 5) is 2.40. The van der Waals surface area contributed by atoms with Crippen LogP contribution in [0.2, 0.25) is 0 Å². The molecule has 256 valence electrons. The summed E-state index contributed by atoms with van der Waals surface area (Å²) in [5.41, 5.74) is 15.7. The summed E-state index contributed by atoms with van der Waals surface area (Å²) >= 11 is 0. The van der Waals surface area contributed by atoms with Crippen molar-refractivity contribution in [2.75, 3.05) is 4.90 Å². The van der Waals surface area contributed by atoms with Gasteiger partial charge in [-0.3, -0.25) is 0 Å². The van der Waals surface area contributed by atoms with E-state index >= 15 is 0 Å². The number of fused-ring (bicyclic) bond motifs is 11. The van der Waals surface area contributed by atoms with Crippen molar-refractivity contribution in [3.63, 3.8) is 0 Å². The fourth-order valence-corrected chi connectivity index (χ4v) is 8.76. The van der Waals surface area contributed by atoms with Gasteiger partial charge in [-0.25, -0.2) is 0 Å². The summed E-state index contributed by atoms with van der Waals surface area (Å²) in [5, 5.41) is 7.81. The summed E-state index contributed by atoms with van der Waals surface area (Å²) in [5.74, 6) is 0. The molecule has 0 saturated heterocycles. The van der Waals surface area contributed by atoms with Crippen LogP contribution in [0.25, 0.3) is 88.0 Å². The molecule has 0 spiro atoms. The van der Waals surface area contributed by atoms with Gasteiger partial charge in [0.15, 0.2) is 0 Å². The molecule has 1 aliphatic heterocycles. The highest BCUT2D eigenvalue weighted by molar-refractivity contribution is 6.25. The van der Waals surface area contributed by atoms with Crippen molar-refractivity contribution < 1.29 is 0 Å². The van der Waals surface area contributed by atoms with Gasteiger partial charge in [0.25, 0.3) is 0 Å². The molecule has 10 aromatic rings. The van der Waals surface area contributed by atoms with E-state index in [-0.39, 0.29) is 0 Å².